The zero-order chi connectivity index (χ0) is 22.8. The van der Waals surface area contributed by atoms with Crippen molar-refractivity contribution >= 4 is 11.8 Å². The largest absolute Gasteiger partial charge is 0.494 e. The zero-order valence-corrected chi connectivity index (χ0v) is 17.8. The van der Waals surface area contributed by atoms with E-state index in [0.29, 0.717) is 24.7 Å². The van der Waals surface area contributed by atoms with Crippen LogP contribution in [-0.4, -0.2) is 49.3 Å². The number of aliphatic hydroxyl groups is 1. The van der Waals surface area contributed by atoms with Gasteiger partial charge in [0.1, 0.15) is 12.4 Å². The van der Waals surface area contributed by atoms with Crippen LogP contribution in [0.1, 0.15) is 23.1 Å². The van der Waals surface area contributed by atoms with E-state index in [1.54, 1.807) is 19.2 Å². The predicted octanol–water partition coefficient (Wildman–Crippen LogP) is 2.27. The number of nitrogens with one attached hydrogen (secondary N) is 2. The van der Waals surface area contributed by atoms with Crippen molar-refractivity contribution in [3.63, 3.8) is 0 Å². The summed E-state index contributed by atoms with van der Waals surface area (Å²) in [5.41, 5.74) is 15.2. The lowest BCUT2D eigenvalue weighted by molar-refractivity contribution is -0.127. The molecule has 0 radical (unpaired) electrons. The van der Waals surface area contributed by atoms with Gasteiger partial charge in [0, 0.05) is 37.0 Å². The van der Waals surface area contributed by atoms with Crippen LogP contribution < -0.4 is 15.6 Å². The van der Waals surface area contributed by atoms with Crippen LogP contribution in [0, 0.1) is 0 Å². The van der Waals surface area contributed by atoms with Gasteiger partial charge in [0.15, 0.2) is 5.54 Å². The van der Waals surface area contributed by atoms with E-state index < -0.39 is 5.54 Å². The maximum absolute atomic E-state index is 13.0. The summed E-state index contributed by atoms with van der Waals surface area (Å²) in [7, 11) is 1.61. The van der Waals surface area contributed by atoms with E-state index in [1.165, 1.54) is 0 Å². The number of azide groups is 1. The Labute approximate surface area is 185 Å². The van der Waals surface area contributed by atoms with E-state index in [0.717, 1.165) is 16.7 Å². The number of aliphatic hydroxyl groups excluding tert-OH is 1. The van der Waals surface area contributed by atoms with Gasteiger partial charge < -0.3 is 14.6 Å². The molecule has 0 saturated carbocycles. The van der Waals surface area contributed by atoms with E-state index in [2.05, 4.69) is 20.9 Å². The van der Waals surface area contributed by atoms with Crippen LogP contribution in [0.2, 0.25) is 0 Å². The van der Waals surface area contributed by atoms with Crippen LogP contribution in [0.3, 0.4) is 0 Å². The summed E-state index contributed by atoms with van der Waals surface area (Å²) in [6.45, 7) is 0.757. The maximum atomic E-state index is 13.0. The minimum Gasteiger partial charge on any atom is -0.494 e. The molecule has 2 aromatic carbocycles. The Morgan fingerprint density at radius 2 is 2.03 bits per heavy atom. The molecule has 0 saturated heterocycles. The molecule has 0 aliphatic carbocycles. The van der Waals surface area contributed by atoms with E-state index in [1.807, 2.05) is 36.4 Å². The van der Waals surface area contributed by atoms with Crippen LogP contribution in [-0.2, 0) is 22.5 Å². The molecular formula is C22H26N6O4. The van der Waals surface area contributed by atoms with Crippen LogP contribution in [0.5, 0.6) is 5.75 Å². The molecule has 0 fully saturated rings. The average Bonchev–Trinajstić information content (AvgIpc) is 3.25. The molecule has 32 heavy (non-hydrogen) atoms. The normalized spacial score (nSPS) is 17.1. The van der Waals surface area contributed by atoms with Gasteiger partial charge in [-0.15, -0.1) is 0 Å². The Balaban J connectivity index is 1.87. The summed E-state index contributed by atoms with van der Waals surface area (Å²) in [5.74, 6) is 0.718. The van der Waals surface area contributed by atoms with Crippen molar-refractivity contribution in [3.8, 4) is 5.75 Å². The van der Waals surface area contributed by atoms with Gasteiger partial charge in [0.05, 0.1) is 13.2 Å². The molecule has 1 heterocycles. The number of carbonyl (C=O) groups excluding carboxylic acids is 1. The lowest BCUT2D eigenvalue weighted by atomic mass is 9.89. The molecule has 168 valence electrons. The molecule has 3 rings (SSSR count). The SMILES string of the molecule is CNNC(=O)[C@]1(Cc2ccccc2CN=[N+]=[N-])COC(c2ccc(OCCCO)cc2)=N1. The Morgan fingerprint density at radius 1 is 1.28 bits per heavy atom. The second-order valence-corrected chi connectivity index (χ2v) is 7.23. The summed E-state index contributed by atoms with van der Waals surface area (Å²) in [4.78, 5) is 20.5. The Kier molecular flexibility index (Phi) is 8.04. The highest BCUT2D eigenvalue weighted by Crippen LogP contribution is 2.29. The molecule has 10 heteroatoms. The maximum Gasteiger partial charge on any atom is 0.266 e. The van der Waals surface area contributed by atoms with Crippen LogP contribution in [0.4, 0.5) is 0 Å². The molecular weight excluding hydrogens is 412 g/mol. The first-order valence-electron chi connectivity index (χ1n) is 10.2. The average molecular weight is 438 g/mol. The summed E-state index contributed by atoms with van der Waals surface area (Å²) in [6.07, 6.45) is 0.839. The van der Waals surface area contributed by atoms with Crippen molar-refractivity contribution in [2.75, 3.05) is 26.9 Å². The summed E-state index contributed by atoms with van der Waals surface area (Å²) in [5, 5.41) is 12.5. The predicted molar refractivity (Wildman–Crippen MR) is 119 cm³/mol. The van der Waals surface area contributed by atoms with E-state index in [4.69, 9.17) is 25.1 Å². The molecule has 0 unspecified atom stereocenters. The fourth-order valence-corrected chi connectivity index (χ4v) is 3.37. The first kappa shape index (κ1) is 23.1. The number of nitrogens with zero attached hydrogens (tertiary/aromatic N) is 4. The molecule has 1 atom stereocenters. The van der Waals surface area contributed by atoms with Gasteiger partial charge in [-0.1, -0.05) is 29.4 Å². The van der Waals surface area contributed by atoms with Crippen molar-refractivity contribution in [1.82, 2.24) is 10.9 Å². The van der Waals surface area contributed by atoms with Crippen LogP contribution in [0.15, 0.2) is 58.6 Å². The molecule has 1 aliphatic heterocycles. The van der Waals surface area contributed by atoms with Gasteiger partial charge in [-0.25, -0.2) is 10.4 Å². The number of hydrogen-bond donors (Lipinski definition) is 3. The van der Waals surface area contributed by atoms with Crippen molar-refractivity contribution < 1.29 is 19.4 Å². The molecule has 0 aromatic heterocycles. The van der Waals surface area contributed by atoms with E-state index >= 15 is 0 Å². The quantitative estimate of drug-likeness (QED) is 0.162. The molecule has 1 amide bonds. The number of ether oxygens (including phenoxy) is 2. The minimum absolute atomic E-state index is 0.0699. The number of hydrazine groups is 1. The topological polar surface area (TPSA) is 141 Å². The molecule has 10 nitrogen and oxygen atoms in total. The molecule has 0 bridgehead atoms. The summed E-state index contributed by atoms with van der Waals surface area (Å²) < 4.78 is 11.4. The van der Waals surface area contributed by atoms with Crippen molar-refractivity contribution in [2.45, 2.75) is 24.9 Å². The number of aliphatic imine (C=N–C) groups is 1. The van der Waals surface area contributed by atoms with E-state index in [9.17, 15) is 4.79 Å². The molecule has 1 aliphatic rings. The van der Waals surface area contributed by atoms with Crippen LogP contribution in [0.25, 0.3) is 10.4 Å². The standard InChI is InChI=1S/C22H26N6O4/c1-24-27-21(30)22(13-17-5-2-3-6-18(17)14-25-28-23)15-32-20(26-22)16-7-9-19(10-8-16)31-12-4-11-29/h2-3,5-10,24,29H,4,11-15H2,1H3,(H,27,30)/t22-/m0/s1. The lowest BCUT2D eigenvalue weighted by Crippen LogP contribution is -2.52. The Morgan fingerprint density at radius 3 is 2.72 bits per heavy atom. The number of hydrogen-bond acceptors (Lipinski definition) is 7. The first-order chi connectivity index (χ1) is 15.6. The Bertz CT molecular complexity index is 1000. The molecule has 0 spiro atoms. The highest BCUT2D eigenvalue weighted by Gasteiger charge is 2.44. The minimum atomic E-state index is -1.18. The highest BCUT2D eigenvalue weighted by atomic mass is 16.5. The monoisotopic (exact) mass is 438 g/mol. The number of benzene rings is 2. The van der Waals surface area contributed by atoms with Crippen LogP contribution >= 0.6 is 0 Å². The van der Waals surface area contributed by atoms with Crippen molar-refractivity contribution in [3.05, 3.63) is 75.7 Å². The summed E-state index contributed by atoms with van der Waals surface area (Å²) in [6, 6.07) is 14.7. The van der Waals surface area contributed by atoms with E-state index in [-0.39, 0.29) is 32.1 Å². The molecule has 2 aromatic rings. The fourth-order valence-electron chi connectivity index (χ4n) is 3.37. The van der Waals surface area contributed by atoms with Gasteiger partial charge in [-0.3, -0.25) is 10.2 Å². The van der Waals surface area contributed by atoms with Crippen molar-refractivity contribution in [1.29, 1.82) is 0 Å². The third kappa shape index (κ3) is 5.55. The summed E-state index contributed by atoms with van der Waals surface area (Å²) >= 11 is 0. The smallest absolute Gasteiger partial charge is 0.266 e. The second-order valence-electron chi connectivity index (χ2n) is 7.23. The third-order valence-electron chi connectivity index (χ3n) is 5.00. The second kappa shape index (κ2) is 11.1. The van der Waals surface area contributed by atoms with Gasteiger partial charge in [-0.05, 0) is 40.9 Å². The third-order valence-corrected chi connectivity index (χ3v) is 5.00. The van der Waals surface area contributed by atoms with Gasteiger partial charge in [0.25, 0.3) is 5.91 Å². The zero-order valence-electron chi connectivity index (χ0n) is 17.8. The first-order valence-corrected chi connectivity index (χ1v) is 10.2. The fraction of sp³-hybridized carbons (Fsp3) is 0.364. The van der Waals surface area contributed by atoms with Gasteiger partial charge in [-0.2, -0.15) is 0 Å². The van der Waals surface area contributed by atoms with Gasteiger partial charge in [0.2, 0.25) is 5.90 Å². The van der Waals surface area contributed by atoms with Gasteiger partial charge >= 0.3 is 0 Å². The lowest BCUT2D eigenvalue weighted by Gasteiger charge is -2.24. The number of rotatable bonds is 11. The Hall–Kier alpha value is -3.59. The number of carbonyl (C=O) groups is 1. The number of amides is 1. The van der Waals surface area contributed by atoms with Crippen molar-refractivity contribution in [2.24, 2.45) is 10.1 Å². The molecule has 3 N–H and O–H groups in total. The highest BCUT2D eigenvalue weighted by molar-refractivity contribution is 6.00.